The van der Waals surface area contributed by atoms with Crippen LogP contribution >= 0.6 is 0 Å². The van der Waals surface area contributed by atoms with Crippen LogP contribution in [0.3, 0.4) is 0 Å². The van der Waals surface area contributed by atoms with Crippen LogP contribution in [0.4, 0.5) is 0 Å². The molecule has 0 aliphatic heterocycles. The highest BCUT2D eigenvalue weighted by Gasteiger charge is 2.61. The molecule has 0 aromatic heterocycles. The Morgan fingerprint density at radius 3 is 2.54 bits per heavy atom. The second kappa shape index (κ2) is 2.60. The minimum atomic E-state index is -0.175. The Labute approximate surface area is 79.2 Å². The van der Waals surface area contributed by atoms with E-state index in [2.05, 4.69) is 30.8 Å². The Bertz CT molecular complexity index is 375. The van der Waals surface area contributed by atoms with Crippen LogP contribution in [0.15, 0.2) is 24.3 Å². The average Bonchev–Trinajstić information content (AvgIpc) is 2.79. The number of benzene rings is 1. The van der Waals surface area contributed by atoms with E-state index in [0.717, 1.165) is 6.42 Å². The first kappa shape index (κ1) is 8.31. The zero-order valence-corrected chi connectivity index (χ0v) is 8.04. The van der Waals surface area contributed by atoms with Crippen LogP contribution in [0.5, 0.6) is 0 Å². The van der Waals surface area contributed by atoms with Gasteiger partial charge in [0.05, 0.1) is 0 Å². The predicted octanol–water partition coefficient (Wildman–Crippen LogP) is 3.15. The quantitative estimate of drug-likeness (QED) is 0.572. The van der Waals surface area contributed by atoms with Gasteiger partial charge in [-0.25, -0.2) is 6.57 Å². The lowest BCUT2D eigenvalue weighted by atomic mass is 9.98. The van der Waals surface area contributed by atoms with Crippen molar-refractivity contribution in [1.29, 1.82) is 0 Å². The highest BCUT2D eigenvalue weighted by Crippen LogP contribution is 2.55. The van der Waals surface area contributed by atoms with Crippen LogP contribution in [0.2, 0.25) is 0 Å². The maximum atomic E-state index is 7.26. The third kappa shape index (κ3) is 1.06. The maximum Gasteiger partial charge on any atom is 0.261 e. The van der Waals surface area contributed by atoms with E-state index < -0.39 is 0 Å². The van der Waals surface area contributed by atoms with Gasteiger partial charge >= 0.3 is 0 Å². The van der Waals surface area contributed by atoms with E-state index in [9.17, 15) is 0 Å². The van der Waals surface area contributed by atoms with Gasteiger partial charge in [-0.05, 0) is 12.5 Å². The van der Waals surface area contributed by atoms with Crippen molar-refractivity contribution in [2.24, 2.45) is 5.92 Å². The summed E-state index contributed by atoms with van der Waals surface area (Å²) < 4.78 is 0. The maximum absolute atomic E-state index is 7.26. The van der Waals surface area contributed by atoms with E-state index in [-0.39, 0.29) is 5.54 Å². The summed E-state index contributed by atoms with van der Waals surface area (Å²) >= 11 is 0. The van der Waals surface area contributed by atoms with E-state index in [1.54, 1.807) is 0 Å². The topological polar surface area (TPSA) is 4.36 Å². The molecule has 1 heteroatoms. The molecule has 1 aliphatic rings. The molecule has 1 aliphatic carbocycles. The summed E-state index contributed by atoms with van der Waals surface area (Å²) in [5.74, 6) is 0.533. The Balaban J connectivity index is 2.48. The molecule has 0 N–H and O–H groups in total. The predicted molar refractivity (Wildman–Crippen MR) is 53.2 cm³/mol. The second-order valence-corrected chi connectivity index (χ2v) is 3.96. The van der Waals surface area contributed by atoms with Crippen LogP contribution in [-0.2, 0) is 5.54 Å². The molecule has 0 amide bonds. The first-order chi connectivity index (χ1) is 6.20. The molecule has 0 bridgehead atoms. The van der Waals surface area contributed by atoms with Crippen LogP contribution in [0, 0.1) is 19.4 Å². The summed E-state index contributed by atoms with van der Waals surface area (Å²) in [6.45, 7) is 11.5. The highest BCUT2D eigenvalue weighted by atomic mass is 14.9. The normalized spacial score (nSPS) is 31.0. The van der Waals surface area contributed by atoms with Gasteiger partial charge in [0.25, 0.3) is 5.54 Å². The van der Waals surface area contributed by atoms with E-state index >= 15 is 0 Å². The summed E-state index contributed by atoms with van der Waals surface area (Å²) in [5, 5.41) is 0. The zero-order chi connectivity index (χ0) is 9.47. The Kier molecular flexibility index (Phi) is 1.66. The van der Waals surface area contributed by atoms with Crippen molar-refractivity contribution in [3.8, 4) is 0 Å². The van der Waals surface area contributed by atoms with Crippen molar-refractivity contribution >= 4 is 0 Å². The van der Waals surface area contributed by atoms with Crippen LogP contribution in [0.1, 0.15) is 24.5 Å². The minimum Gasteiger partial charge on any atom is -0.305 e. The number of aryl methyl sites for hydroxylation is 1. The van der Waals surface area contributed by atoms with Crippen molar-refractivity contribution in [3.63, 3.8) is 0 Å². The fourth-order valence-corrected chi connectivity index (χ4v) is 2.06. The zero-order valence-electron chi connectivity index (χ0n) is 8.04. The van der Waals surface area contributed by atoms with E-state index in [0.29, 0.717) is 5.92 Å². The van der Waals surface area contributed by atoms with Crippen molar-refractivity contribution in [3.05, 3.63) is 46.8 Å². The van der Waals surface area contributed by atoms with Gasteiger partial charge in [-0.1, -0.05) is 31.2 Å². The highest BCUT2D eigenvalue weighted by molar-refractivity contribution is 5.41. The molecule has 66 valence electrons. The largest absolute Gasteiger partial charge is 0.305 e. The molecule has 0 radical (unpaired) electrons. The number of hydrogen-bond donors (Lipinski definition) is 0. The minimum absolute atomic E-state index is 0.175. The third-order valence-electron chi connectivity index (χ3n) is 3.08. The lowest BCUT2D eigenvalue weighted by molar-refractivity contribution is 0.766. The molecule has 13 heavy (non-hydrogen) atoms. The van der Waals surface area contributed by atoms with Crippen LogP contribution in [-0.4, -0.2) is 0 Å². The lowest BCUT2D eigenvalue weighted by Gasteiger charge is -2.06. The fraction of sp³-hybridized carbons (Fsp3) is 0.417. The van der Waals surface area contributed by atoms with Crippen molar-refractivity contribution in [1.82, 2.24) is 0 Å². The van der Waals surface area contributed by atoms with Crippen molar-refractivity contribution in [2.75, 3.05) is 0 Å². The Morgan fingerprint density at radius 2 is 2.08 bits per heavy atom. The van der Waals surface area contributed by atoms with E-state index in [4.69, 9.17) is 6.57 Å². The second-order valence-electron chi connectivity index (χ2n) is 3.96. The molecule has 0 heterocycles. The van der Waals surface area contributed by atoms with Gasteiger partial charge in [0.15, 0.2) is 0 Å². The standard InChI is InChI=1S/C12H13N/c1-9-6-4-5-7-11(9)12(13-3)8-10(12)2/h4-7,10H,8H2,1-2H3. The molecule has 0 saturated heterocycles. The monoisotopic (exact) mass is 171 g/mol. The van der Waals surface area contributed by atoms with Crippen molar-refractivity contribution < 1.29 is 0 Å². The first-order valence-electron chi connectivity index (χ1n) is 4.65. The summed E-state index contributed by atoms with van der Waals surface area (Å²) in [6.07, 6.45) is 1.03. The van der Waals surface area contributed by atoms with Gasteiger partial charge in [0.1, 0.15) is 0 Å². The number of nitrogens with zero attached hydrogens (tertiary/aromatic N) is 1. The van der Waals surface area contributed by atoms with Gasteiger partial charge in [0.2, 0.25) is 0 Å². The molecule has 1 saturated carbocycles. The lowest BCUT2D eigenvalue weighted by Crippen LogP contribution is -2.04. The van der Waals surface area contributed by atoms with Gasteiger partial charge in [0, 0.05) is 17.9 Å². The van der Waals surface area contributed by atoms with Gasteiger partial charge in [-0.15, -0.1) is 0 Å². The van der Waals surface area contributed by atoms with E-state index in [1.807, 2.05) is 12.1 Å². The Hall–Kier alpha value is -1.29. The fourth-order valence-electron chi connectivity index (χ4n) is 2.06. The number of hydrogen-bond acceptors (Lipinski definition) is 0. The first-order valence-corrected chi connectivity index (χ1v) is 4.65. The molecule has 0 spiro atoms. The third-order valence-corrected chi connectivity index (χ3v) is 3.08. The summed E-state index contributed by atoms with van der Waals surface area (Å²) in [6, 6.07) is 8.24. The molecular weight excluding hydrogens is 158 g/mol. The SMILES string of the molecule is [C-]#[N+]C1(c2ccccc2C)CC1C. The smallest absolute Gasteiger partial charge is 0.261 e. The molecule has 2 atom stereocenters. The van der Waals surface area contributed by atoms with Gasteiger partial charge in [-0.3, -0.25) is 0 Å². The molecule has 1 nitrogen and oxygen atoms in total. The van der Waals surface area contributed by atoms with Gasteiger partial charge in [-0.2, -0.15) is 0 Å². The summed E-state index contributed by atoms with van der Waals surface area (Å²) in [4.78, 5) is 3.79. The number of rotatable bonds is 1. The molecule has 2 rings (SSSR count). The molecule has 1 aromatic carbocycles. The molecular formula is C12H13N. The molecule has 2 unspecified atom stereocenters. The van der Waals surface area contributed by atoms with Gasteiger partial charge < -0.3 is 4.85 Å². The van der Waals surface area contributed by atoms with Crippen LogP contribution < -0.4 is 0 Å². The summed E-state index contributed by atoms with van der Waals surface area (Å²) in [5.41, 5.74) is 2.31. The summed E-state index contributed by atoms with van der Waals surface area (Å²) in [7, 11) is 0. The molecule has 1 fully saturated rings. The van der Waals surface area contributed by atoms with Crippen molar-refractivity contribution in [2.45, 2.75) is 25.8 Å². The van der Waals surface area contributed by atoms with Crippen LogP contribution in [0.25, 0.3) is 4.85 Å². The van der Waals surface area contributed by atoms with E-state index in [1.165, 1.54) is 11.1 Å². The average molecular weight is 171 g/mol. The Morgan fingerprint density at radius 1 is 1.46 bits per heavy atom. The molecule has 1 aromatic rings.